The number of alkyl halides is 3. The quantitative estimate of drug-likeness (QED) is 0.437. The van der Waals surface area contributed by atoms with Gasteiger partial charge < -0.3 is 10.1 Å². The second-order valence-corrected chi connectivity index (χ2v) is 6.01. The molecule has 1 amide bonds. The van der Waals surface area contributed by atoms with Gasteiger partial charge in [0.15, 0.2) is 6.61 Å². The highest BCUT2D eigenvalue weighted by molar-refractivity contribution is 7.99. The summed E-state index contributed by atoms with van der Waals surface area (Å²) in [5.74, 6) is -1.55. The van der Waals surface area contributed by atoms with Gasteiger partial charge in [-0.3, -0.25) is 14.9 Å². The van der Waals surface area contributed by atoms with Crippen LogP contribution in [0, 0.1) is 10.1 Å². The van der Waals surface area contributed by atoms with Crippen molar-refractivity contribution in [2.75, 3.05) is 17.7 Å². The number of rotatable bonds is 7. The first-order valence-corrected chi connectivity index (χ1v) is 8.19. The molecule has 0 heterocycles. The number of carbonyl (C=O) groups excluding carboxylic acids is 1. The van der Waals surface area contributed by atoms with E-state index in [9.17, 15) is 28.1 Å². The maximum atomic E-state index is 12.4. The van der Waals surface area contributed by atoms with Gasteiger partial charge >= 0.3 is 6.18 Å². The van der Waals surface area contributed by atoms with E-state index in [1.54, 1.807) is 12.1 Å². The van der Waals surface area contributed by atoms with Crippen molar-refractivity contribution in [3.63, 3.8) is 0 Å². The first kappa shape index (κ1) is 19.6. The van der Waals surface area contributed by atoms with Crippen molar-refractivity contribution in [2.45, 2.75) is 11.1 Å². The minimum atomic E-state index is -4.33. The van der Waals surface area contributed by atoms with E-state index < -0.39 is 29.4 Å². The van der Waals surface area contributed by atoms with Gasteiger partial charge in [0.1, 0.15) is 5.75 Å². The molecule has 0 unspecified atom stereocenters. The van der Waals surface area contributed by atoms with Crippen LogP contribution < -0.4 is 10.1 Å². The molecule has 1 N–H and O–H groups in total. The summed E-state index contributed by atoms with van der Waals surface area (Å²) in [7, 11) is 0. The predicted octanol–water partition coefficient (Wildman–Crippen LogP) is 4.27. The number of thioether (sulfide) groups is 1. The number of nitro benzene ring substituents is 1. The number of anilines is 1. The topological polar surface area (TPSA) is 81.5 Å². The van der Waals surface area contributed by atoms with Crippen LogP contribution in [0.25, 0.3) is 0 Å². The standard InChI is InChI=1S/C16H13F3N2O4S/c17-16(18,19)10-26-14-7-2-1-6-13(14)20-15(22)9-25-12-5-3-4-11(8-12)21(23)24/h1-8H,9-10H2,(H,20,22). The Morgan fingerprint density at radius 3 is 2.62 bits per heavy atom. The lowest BCUT2D eigenvalue weighted by molar-refractivity contribution is -0.384. The second kappa shape index (κ2) is 8.56. The zero-order chi connectivity index (χ0) is 19.2. The number of ether oxygens (including phenoxy) is 1. The van der Waals surface area contributed by atoms with Crippen molar-refractivity contribution < 1.29 is 27.6 Å². The molecule has 10 heteroatoms. The SMILES string of the molecule is O=C(COc1cccc([N+](=O)[O-])c1)Nc1ccccc1SCC(F)(F)F. The Morgan fingerprint density at radius 1 is 1.19 bits per heavy atom. The predicted molar refractivity (Wildman–Crippen MR) is 90.4 cm³/mol. The van der Waals surface area contributed by atoms with Crippen molar-refractivity contribution in [3.05, 3.63) is 58.6 Å². The van der Waals surface area contributed by atoms with Crippen LogP contribution in [0.5, 0.6) is 5.75 Å². The second-order valence-electron chi connectivity index (χ2n) is 4.99. The van der Waals surface area contributed by atoms with Gasteiger partial charge in [0.25, 0.3) is 11.6 Å². The van der Waals surface area contributed by atoms with Crippen molar-refractivity contribution in [1.29, 1.82) is 0 Å². The van der Waals surface area contributed by atoms with Gasteiger partial charge in [-0.25, -0.2) is 0 Å². The van der Waals surface area contributed by atoms with Crippen molar-refractivity contribution >= 4 is 29.0 Å². The van der Waals surface area contributed by atoms with E-state index in [1.807, 2.05) is 0 Å². The number of nitrogens with zero attached hydrogens (tertiary/aromatic N) is 1. The molecule has 2 rings (SSSR count). The Kier molecular flexibility index (Phi) is 6.45. The summed E-state index contributed by atoms with van der Waals surface area (Å²) in [5, 5.41) is 13.2. The molecule has 2 aromatic rings. The van der Waals surface area contributed by atoms with Crippen LogP contribution >= 0.6 is 11.8 Å². The third kappa shape index (κ3) is 6.28. The maximum Gasteiger partial charge on any atom is 0.398 e. The van der Waals surface area contributed by atoms with Crippen molar-refractivity contribution in [3.8, 4) is 5.75 Å². The zero-order valence-corrected chi connectivity index (χ0v) is 14.0. The summed E-state index contributed by atoms with van der Waals surface area (Å²) in [6.45, 7) is -0.445. The Bertz CT molecular complexity index is 799. The van der Waals surface area contributed by atoms with E-state index in [2.05, 4.69) is 5.32 Å². The Morgan fingerprint density at radius 2 is 1.92 bits per heavy atom. The number of nitrogens with one attached hydrogen (secondary N) is 1. The Labute approximate surface area is 150 Å². The molecule has 6 nitrogen and oxygen atoms in total. The monoisotopic (exact) mass is 386 g/mol. The van der Waals surface area contributed by atoms with E-state index in [0.717, 1.165) is 0 Å². The summed E-state index contributed by atoms with van der Waals surface area (Å²) in [4.78, 5) is 22.3. The normalized spacial score (nSPS) is 11.0. The number of nitro groups is 1. The van der Waals surface area contributed by atoms with E-state index in [0.29, 0.717) is 11.8 Å². The molecule has 0 aliphatic rings. The highest BCUT2D eigenvalue weighted by atomic mass is 32.2. The van der Waals surface area contributed by atoms with Crippen LogP contribution in [0.4, 0.5) is 24.5 Å². The average molecular weight is 386 g/mol. The number of hydrogen-bond donors (Lipinski definition) is 1. The number of para-hydroxylation sites is 1. The van der Waals surface area contributed by atoms with Crippen LogP contribution in [0.1, 0.15) is 0 Å². The summed E-state index contributed by atoms with van der Waals surface area (Å²) in [5.41, 5.74) is 0.0474. The molecule has 0 atom stereocenters. The molecule has 0 fully saturated rings. The van der Waals surface area contributed by atoms with Crippen molar-refractivity contribution in [1.82, 2.24) is 0 Å². The number of halogens is 3. The van der Waals surface area contributed by atoms with Crippen LogP contribution in [0.2, 0.25) is 0 Å². The first-order chi connectivity index (χ1) is 12.2. The Hall–Kier alpha value is -2.75. The fourth-order valence-corrected chi connectivity index (χ4v) is 2.65. The maximum absolute atomic E-state index is 12.4. The lowest BCUT2D eigenvalue weighted by atomic mass is 10.3. The molecule has 0 aromatic heterocycles. The van der Waals surface area contributed by atoms with Gasteiger partial charge in [0.05, 0.1) is 22.4 Å². The third-order valence-electron chi connectivity index (χ3n) is 2.95. The summed E-state index contributed by atoms with van der Waals surface area (Å²) >= 11 is 0.560. The highest BCUT2D eigenvalue weighted by Crippen LogP contribution is 2.32. The Balaban J connectivity index is 1.96. The number of non-ortho nitro benzene ring substituents is 1. The molecule has 0 radical (unpaired) electrons. The van der Waals surface area contributed by atoms with E-state index in [-0.39, 0.29) is 22.0 Å². The molecule has 0 saturated carbocycles. The fourth-order valence-electron chi connectivity index (χ4n) is 1.88. The van der Waals surface area contributed by atoms with E-state index in [1.165, 1.54) is 36.4 Å². The molecule has 0 spiro atoms. The van der Waals surface area contributed by atoms with Crippen LogP contribution in [-0.2, 0) is 4.79 Å². The number of amides is 1. The molecule has 0 saturated heterocycles. The first-order valence-electron chi connectivity index (χ1n) is 7.20. The number of carbonyl (C=O) groups is 1. The largest absolute Gasteiger partial charge is 0.484 e. The number of hydrogen-bond acceptors (Lipinski definition) is 5. The average Bonchev–Trinajstić information content (AvgIpc) is 2.59. The van der Waals surface area contributed by atoms with Gasteiger partial charge in [0.2, 0.25) is 0 Å². The number of benzene rings is 2. The fraction of sp³-hybridized carbons (Fsp3) is 0.188. The molecule has 0 aliphatic heterocycles. The van der Waals surface area contributed by atoms with E-state index >= 15 is 0 Å². The smallest absolute Gasteiger partial charge is 0.398 e. The minimum absolute atomic E-state index is 0.133. The van der Waals surface area contributed by atoms with Gasteiger partial charge in [-0.1, -0.05) is 18.2 Å². The van der Waals surface area contributed by atoms with Crippen LogP contribution in [0.3, 0.4) is 0 Å². The van der Waals surface area contributed by atoms with Gasteiger partial charge in [-0.15, -0.1) is 11.8 Å². The molecule has 2 aromatic carbocycles. The highest BCUT2D eigenvalue weighted by Gasteiger charge is 2.27. The van der Waals surface area contributed by atoms with Crippen LogP contribution in [0.15, 0.2) is 53.4 Å². The molecule has 0 aliphatic carbocycles. The summed E-state index contributed by atoms with van der Waals surface area (Å²) in [6.07, 6.45) is -4.33. The molecule has 138 valence electrons. The molecule has 0 bridgehead atoms. The lowest BCUT2D eigenvalue weighted by Crippen LogP contribution is -2.20. The van der Waals surface area contributed by atoms with Gasteiger partial charge in [0, 0.05) is 11.0 Å². The van der Waals surface area contributed by atoms with Gasteiger partial charge in [-0.05, 0) is 18.2 Å². The molecular formula is C16H13F3N2O4S. The molecular weight excluding hydrogens is 373 g/mol. The minimum Gasteiger partial charge on any atom is -0.484 e. The summed E-state index contributed by atoms with van der Waals surface area (Å²) in [6, 6.07) is 11.4. The van der Waals surface area contributed by atoms with Crippen molar-refractivity contribution in [2.24, 2.45) is 0 Å². The zero-order valence-electron chi connectivity index (χ0n) is 13.2. The van der Waals surface area contributed by atoms with Gasteiger partial charge in [-0.2, -0.15) is 13.2 Å². The third-order valence-corrected chi connectivity index (χ3v) is 4.09. The lowest BCUT2D eigenvalue weighted by Gasteiger charge is -2.12. The van der Waals surface area contributed by atoms with Crippen LogP contribution in [-0.4, -0.2) is 29.4 Å². The molecule has 26 heavy (non-hydrogen) atoms. The summed E-state index contributed by atoms with van der Waals surface area (Å²) < 4.78 is 42.3. The van der Waals surface area contributed by atoms with E-state index in [4.69, 9.17) is 4.74 Å².